The molecular formula is C12H15F2N. The molecule has 82 valence electrons. The maximum Gasteiger partial charge on any atom is 0.126 e. The van der Waals surface area contributed by atoms with Crippen LogP contribution in [0.2, 0.25) is 0 Å². The molecule has 0 saturated heterocycles. The highest BCUT2D eigenvalue weighted by molar-refractivity contribution is 5.19. The molecule has 0 bridgehead atoms. The van der Waals surface area contributed by atoms with Gasteiger partial charge in [-0.05, 0) is 49.9 Å². The second kappa shape index (κ2) is 4.27. The van der Waals surface area contributed by atoms with E-state index < -0.39 is 0 Å². The van der Waals surface area contributed by atoms with Gasteiger partial charge in [0, 0.05) is 12.1 Å². The zero-order valence-corrected chi connectivity index (χ0v) is 8.76. The second-order valence-corrected chi connectivity index (χ2v) is 4.28. The number of hydrogen-bond donors (Lipinski definition) is 1. The highest BCUT2D eigenvalue weighted by Crippen LogP contribution is 2.20. The average molecular weight is 211 g/mol. The Hall–Kier alpha value is -0.960. The van der Waals surface area contributed by atoms with Gasteiger partial charge < -0.3 is 5.32 Å². The van der Waals surface area contributed by atoms with E-state index in [9.17, 15) is 8.78 Å². The average Bonchev–Trinajstić information content (AvgIpc) is 2.95. The van der Waals surface area contributed by atoms with E-state index in [1.807, 2.05) is 6.92 Å². The molecule has 1 aromatic carbocycles. The van der Waals surface area contributed by atoms with Crippen LogP contribution in [0.5, 0.6) is 0 Å². The van der Waals surface area contributed by atoms with Crippen LogP contribution in [0.4, 0.5) is 8.78 Å². The number of nitrogens with one attached hydrogen (secondary N) is 1. The van der Waals surface area contributed by atoms with Crippen molar-refractivity contribution in [1.82, 2.24) is 5.32 Å². The number of hydrogen-bond acceptors (Lipinski definition) is 1. The zero-order chi connectivity index (χ0) is 10.8. The van der Waals surface area contributed by atoms with E-state index in [2.05, 4.69) is 5.32 Å². The van der Waals surface area contributed by atoms with Gasteiger partial charge in [0.25, 0.3) is 0 Å². The first kappa shape index (κ1) is 10.6. The van der Waals surface area contributed by atoms with Crippen molar-refractivity contribution >= 4 is 0 Å². The van der Waals surface area contributed by atoms with E-state index in [1.54, 1.807) is 0 Å². The fraction of sp³-hybridized carbons (Fsp3) is 0.500. The van der Waals surface area contributed by atoms with Gasteiger partial charge in [-0.3, -0.25) is 0 Å². The van der Waals surface area contributed by atoms with Gasteiger partial charge in [0.15, 0.2) is 0 Å². The van der Waals surface area contributed by atoms with Crippen molar-refractivity contribution in [2.75, 3.05) is 0 Å². The molecule has 15 heavy (non-hydrogen) atoms. The minimum atomic E-state index is -0.370. The lowest BCUT2D eigenvalue weighted by atomic mass is 10.1. The van der Waals surface area contributed by atoms with Crippen LogP contribution in [0.25, 0.3) is 0 Å². The van der Waals surface area contributed by atoms with Crippen molar-refractivity contribution in [1.29, 1.82) is 0 Å². The number of halogens is 2. The summed E-state index contributed by atoms with van der Waals surface area (Å²) in [6, 6.07) is 4.41. The number of benzene rings is 1. The first-order chi connectivity index (χ1) is 7.15. The largest absolute Gasteiger partial charge is 0.311 e. The van der Waals surface area contributed by atoms with Crippen LogP contribution in [0.1, 0.15) is 25.3 Å². The summed E-state index contributed by atoms with van der Waals surface area (Å²) in [6.07, 6.45) is 2.95. The molecule has 0 spiro atoms. The highest BCUT2D eigenvalue weighted by atomic mass is 19.1. The Balaban J connectivity index is 1.98. The van der Waals surface area contributed by atoms with Crippen LogP contribution in [0, 0.1) is 11.6 Å². The molecule has 0 aromatic heterocycles. The highest BCUT2D eigenvalue weighted by Gasteiger charge is 2.23. The van der Waals surface area contributed by atoms with Crippen molar-refractivity contribution < 1.29 is 8.78 Å². The van der Waals surface area contributed by atoms with E-state index >= 15 is 0 Å². The zero-order valence-electron chi connectivity index (χ0n) is 8.76. The molecule has 0 radical (unpaired) electrons. The van der Waals surface area contributed by atoms with Crippen LogP contribution in [-0.4, -0.2) is 12.1 Å². The van der Waals surface area contributed by atoms with Crippen molar-refractivity contribution in [3.05, 3.63) is 35.4 Å². The first-order valence-electron chi connectivity index (χ1n) is 5.35. The SMILES string of the molecule is CC(Cc1cc(F)ccc1F)NC1CC1. The van der Waals surface area contributed by atoms with Gasteiger partial charge in [0.2, 0.25) is 0 Å². The fourth-order valence-electron chi connectivity index (χ4n) is 1.74. The normalized spacial score (nSPS) is 17.8. The Kier molecular flexibility index (Phi) is 3.00. The molecule has 1 fully saturated rings. The summed E-state index contributed by atoms with van der Waals surface area (Å²) in [5.41, 5.74) is 0.454. The molecule has 1 aliphatic rings. The molecule has 1 atom stereocenters. The molecule has 1 saturated carbocycles. The molecule has 1 aliphatic carbocycles. The summed E-state index contributed by atoms with van der Waals surface area (Å²) in [4.78, 5) is 0. The van der Waals surface area contributed by atoms with Gasteiger partial charge in [-0.15, -0.1) is 0 Å². The molecule has 3 heteroatoms. The van der Waals surface area contributed by atoms with Gasteiger partial charge in [0.05, 0.1) is 0 Å². The van der Waals surface area contributed by atoms with Crippen molar-refractivity contribution in [2.24, 2.45) is 0 Å². The van der Waals surface area contributed by atoms with Crippen LogP contribution in [0.15, 0.2) is 18.2 Å². The van der Waals surface area contributed by atoms with Crippen molar-refractivity contribution in [3.8, 4) is 0 Å². The topological polar surface area (TPSA) is 12.0 Å². The minimum Gasteiger partial charge on any atom is -0.311 e. The van der Waals surface area contributed by atoms with E-state index in [4.69, 9.17) is 0 Å². The van der Waals surface area contributed by atoms with Gasteiger partial charge in [-0.25, -0.2) is 8.78 Å². The van der Waals surface area contributed by atoms with Crippen LogP contribution in [0.3, 0.4) is 0 Å². The molecule has 1 unspecified atom stereocenters. The molecule has 0 amide bonds. The summed E-state index contributed by atoms with van der Waals surface area (Å²) < 4.78 is 26.2. The predicted octanol–water partition coefficient (Wildman–Crippen LogP) is 2.65. The van der Waals surface area contributed by atoms with Gasteiger partial charge >= 0.3 is 0 Å². The van der Waals surface area contributed by atoms with Gasteiger partial charge in [-0.2, -0.15) is 0 Å². The van der Waals surface area contributed by atoms with Crippen molar-refractivity contribution in [3.63, 3.8) is 0 Å². The third kappa shape index (κ3) is 2.99. The third-order valence-corrected chi connectivity index (χ3v) is 2.63. The lowest BCUT2D eigenvalue weighted by molar-refractivity contribution is 0.518. The molecule has 1 nitrogen and oxygen atoms in total. The van der Waals surface area contributed by atoms with E-state index in [0.717, 1.165) is 6.07 Å². The predicted molar refractivity (Wildman–Crippen MR) is 55.7 cm³/mol. The standard InChI is InChI=1S/C12H15F2N/c1-8(15-11-3-4-11)6-9-7-10(13)2-5-12(9)14/h2,5,7-8,11,15H,3-4,6H2,1H3. The van der Waals surface area contributed by atoms with Crippen LogP contribution in [-0.2, 0) is 6.42 Å². The molecule has 2 rings (SSSR count). The van der Waals surface area contributed by atoms with E-state index in [1.165, 1.54) is 25.0 Å². The molecule has 1 N–H and O–H groups in total. The Morgan fingerprint density at radius 3 is 2.80 bits per heavy atom. The first-order valence-corrected chi connectivity index (χ1v) is 5.35. The molecule has 0 aliphatic heterocycles. The maximum absolute atomic E-state index is 13.3. The summed E-state index contributed by atoms with van der Waals surface area (Å²) in [7, 11) is 0. The van der Waals surface area contributed by atoms with Crippen LogP contribution >= 0.6 is 0 Å². The summed E-state index contributed by atoms with van der Waals surface area (Å²) in [6.45, 7) is 2.00. The monoisotopic (exact) mass is 211 g/mol. The summed E-state index contributed by atoms with van der Waals surface area (Å²) in [5.74, 6) is -0.689. The smallest absolute Gasteiger partial charge is 0.126 e. The van der Waals surface area contributed by atoms with Gasteiger partial charge in [0.1, 0.15) is 11.6 Å². The lowest BCUT2D eigenvalue weighted by Crippen LogP contribution is -2.30. The maximum atomic E-state index is 13.3. The van der Waals surface area contributed by atoms with Gasteiger partial charge in [-0.1, -0.05) is 0 Å². The molecule has 0 heterocycles. The van der Waals surface area contributed by atoms with E-state index in [0.29, 0.717) is 18.0 Å². The fourth-order valence-corrected chi connectivity index (χ4v) is 1.74. The third-order valence-electron chi connectivity index (χ3n) is 2.63. The Morgan fingerprint density at radius 1 is 1.40 bits per heavy atom. The Bertz CT molecular complexity index is 347. The van der Waals surface area contributed by atoms with Crippen molar-refractivity contribution in [2.45, 2.75) is 38.3 Å². The quantitative estimate of drug-likeness (QED) is 0.807. The second-order valence-electron chi connectivity index (χ2n) is 4.28. The van der Waals surface area contributed by atoms with E-state index in [-0.39, 0.29) is 17.7 Å². The Labute approximate surface area is 88.5 Å². The Morgan fingerprint density at radius 2 is 2.13 bits per heavy atom. The molecule has 1 aromatic rings. The van der Waals surface area contributed by atoms with Crippen LogP contribution < -0.4 is 5.32 Å². The minimum absolute atomic E-state index is 0.203. The summed E-state index contributed by atoms with van der Waals surface area (Å²) in [5, 5.41) is 3.36. The molecular weight excluding hydrogens is 196 g/mol. The number of rotatable bonds is 4. The lowest BCUT2D eigenvalue weighted by Gasteiger charge is -2.13. The summed E-state index contributed by atoms with van der Waals surface area (Å²) >= 11 is 0.